The third kappa shape index (κ3) is 5.58. The minimum atomic E-state index is -0.422. The lowest BCUT2D eigenvalue weighted by Gasteiger charge is -2.19. The van der Waals surface area contributed by atoms with Gasteiger partial charge in [0.2, 0.25) is 11.8 Å². The SMILES string of the molecule is CCN(CC(=O)Nc1c(Cl)cccc1Cl)C(=O)/C=C/c1cccc(F)c1. The van der Waals surface area contributed by atoms with Crippen molar-refractivity contribution in [3.8, 4) is 0 Å². The van der Waals surface area contributed by atoms with Crippen molar-refractivity contribution in [2.45, 2.75) is 6.92 Å². The molecule has 0 spiro atoms. The van der Waals surface area contributed by atoms with E-state index in [9.17, 15) is 14.0 Å². The minimum absolute atomic E-state index is 0.162. The molecule has 0 fully saturated rings. The zero-order valence-electron chi connectivity index (χ0n) is 14.0. The lowest BCUT2D eigenvalue weighted by Crippen LogP contribution is -2.37. The zero-order valence-corrected chi connectivity index (χ0v) is 15.5. The van der Waals surface area contributed by atoms with E-state index in [2.05, 4.69) is 5.32 Å². The molecule has 0 saturated carbocycles. The van der Waals surface area contributed by atoms with E-state index in [0.29, 0.717) is 27.8 Å². The van der Waals surface area contributed by atoms with E-state index < -0.39 is 5.91 Å². The van der Waals surface area contributed by atoms with E-state index in [1.165, 1.54) is 29.2 Å². The van der Waals surface area contributed by atoms with Crippen LogP contribution in [0.4, 0.5) is 10.1 Å². The highest BCUT2D eigenvalue weighted by Crippen LogP contribution is 2.29. The van der Waals surface area contributed by atoms with Gasteiger partial charge in [-0.05, 0) is 42.8 Å². The summed E-state index contributed by atoms with van der Waals surface area (Å²) >= 11 is 12.0. The topological polar surface area (TPSA) is 49.4 Å². The Kier molecular flexibility index (Phi) is 7.18. The molecule has 0 bridgehead atoms. The van der Waals surface area contributed by atoms with Crippen LogP contribution in [0.25, 0.3) is 6.08 Å². The highest BCUT2D eigenvalue weighted by molar-refractivity contribution is 6.39. The van der Waals surface area contributed by atoms with Crippen LogP contribution in [0.2, 0.25) is 10.0 Å². The molecule has 1 N–H and O–H groups in total. The molecule has 0 aromatic heterocycles. The van der Waals surface area contributed by atoms with Crippen LogP contribution >= 0.6 is 23.2 Å². The zero-order chi connectivity index (χ0) is 19.1. The van der Waals surface area contributed by atoms with Crippen LogP contribution in [-0.2, 0) is 9.59 Å². The molecule has 2 amide bonds. The molecule has 0 unspecified atom stereocenters. The van der Waals surface area contributed by atoms with Gasteiger partial charge in [0, 0.05) is 12.6 Å². The Morgan fingerprint density at radius 1 is 1.15 bits per heavy atom. The van der Waals surface area contributed by atoms with Gasteiger partial charge in [-0.15, -0.1) is 0 Å². The Labute approximate surface area is 161 Å². The summed E-state index contributed by atoms with van der Waals surface area (Å²) in [5.74, 6) is -1.17. The summed E-state index contributed by atoms with van der Waals surface area (Å²) in [4.78, 5) is 25.8. The predicted octanol–water partition coefficient (Wildman–Crippen LogP) is 4.63. The second kappa shape index (κ2) is 9.36. The molecule has 0 heterocycles. The van der Waals surface area contributed by atoms with E-state index in [1.807, 2.05) is 0 Å². The Hall–Kier alpha value is -2.37. The third-order valence-corrected chi connectivity index (χ3v) is 4.15. The van der Waals surface area contributed by atoms with Crippen LogP contribution < -0.4 is 5.32 Å². The summed E-state index contributed by atoms with van der Waals surface area (Å²) in [6.45, 7) is 1.92. The maximum Gasteiger partial charge on any atom is 0.247 e. The van der Waals surface area contributed by atoms with Crippen molar-refractivity contribution in [2.24, 2.45) is 0 Å². The maximum atomic E-state index is 13.2. The summed E-state index contributed by atoms with van der Waals surface area (Å²) in [7, 11) is 0. The van der Waals surface area contributed by atoms with Gasteiger partial charge in [0.05, 0.1) is 15.7 Å². The van der Waals surface area contributed by atoms with Crippen molar-refractivity contribution < 1.29 is 14.0 Å². The van der Waals surface area contributed by atoms with E-state index in [1.54, 1.807) is 37.3 Å². The van der Waals surface area contributed by atoms with E-state index >= 15 is 0 Å². The largest absolute Gasteiger partial charge is 0.330 e. The fourth-order valence-electron chi connectivity index (χ4n) is 2.20. The average molecular weight is 395 g/mol. The van der Waals surface area contributed by atoms with Gasteiger partial charge in [0.1, 0.15) is 12.4 Å². The number of anilines is 1. The summed E-state index contributed by atoms with van der Waals surface area (Å²) in [6, 6.07) is 10.7. The number of amides is 2. The Balaban J connectivity index is 2.01. The standard InChI is InChI=1S/C19H17Cl2FN2O2/c1-2-24(18(26)10-9-13-5-3-6-14(22)11-13)12-17(25)23-19-15(20)7-4-8-16(19)21/h3-11H,2,12H2,1H3,(H,23,25)/b10-9+. The predicted molar refractivity (Wildman–Crippen MR) is 103 cm³/mol. The number of para-hydroxylation sites is 1. The number of rotatable bonds is 6. The van der Waals surface area contributed by atoms with Crippen molar-refractivity contribution >= 4 is 46.8 Å². The second-order valence-electron chi connectivity index (χ2n) is 5.39. The number of nitrogens with one attached hydrogen (secondary N) is 1. The first kappa shape index (κ1) is 19.9. The lowest BCUT2D eigenvalue weighted by molar-refractivity contribution is -0.130. The number of nitrogens with zero attached hydrogens (tertiary/aromatic N) is 1. The van der Waals surface area contributed by atoms with Gasteiger partial charge in [-0.3, -0.25) is 9.59 Å². The highest BCUT2D eigenvalue weighted by atomic mass is 35.5. The Morgan fingerprint density at radius 2 is 1.81 bits per heavy atom. The van der Waals surface area contributed by atoms with Crippen molar-refractivity contribution in [3.05, 3.63) is 70.0 Å². The number of carbonyl (C=O) groups is 2. The monoisotopic (exact) mass is 394 g/mol. The van der Waals surface area contributed by atoms with Gasteiger partial charge in [-0.25, -0.2) is 4.39 Å². The molecular formula is C19H17Cl2FN2O2. The van der Waals surface area contributed by atoms with Gasteiger partial charge in [-0.2, -0.15) is 0 Å². The van der Waals surface area contributed by atoms with Gasteiger partial charge in [0.15, 0.2) is 0 Å². The molecule has 2 aromatic carbocycles. The first-order valence-electron chi connectivity index (χ1n) is 7.87. The average Bonchev–Trinajstić information content (AvgIpc) is 2.61. The normalized spacial score (nSPS) is 10.8. The molecule has 7 heteroatoms. The molecule has 2 aromatic rings. The van der Waals surface area contributed by atoms with Crippen LogP contribution in [0.3, 0.4) is 0 Å². The number of hydrogen-bond acceptors (Lipinski definition) is 2. The van der Waals surface area contributed by atoms with Crippen molar-refractivity contribution in [3.63, 3.8) is 0 Å². The van der Waals surface area contributed by atoms with Crippen molar-refractivity contribution in [1.29, 1.82) is 0 Å². The summed E-state index contributed by atoms with van der Waals surface area (Å²) in [6.07, 6.45) is 2.80. The maximum absolute atomic E-state index is 13.2. The van der Waals surface area contributed by atoms with E-state index in [0.717, 1.165) is 0 Å². The number of benzene rings is 2. The number of hydrogen-bond donors (Lipinski definition) is 1. The molecule has 0 saturated heterocycles. The first-order chi connectivity index (χ1) is 12.4. The van der Waals surface area contributed by atoms with Gasteiger partial charge in [-0.1, -0.05) is 41.4 Å². The van der Waals surface area contributed by atoms with Crippen LogP contribution in [0, 0.1) is 5.82 Å². The summed E-state index contributed by atoms with van der Waals surface area (Å²) in [5.41, 5.74) is 0.862. The second-order valence-corrected chi connectivity index (χ2v) is 6.20. The molecule has 136 valence electrons. The minimum Gasteiger partial charge on any atom is -0.330 e. The third-order valence-electron chi connectivity index (χ3n) is 3.52. The highest BCUT2D eigenvalue weighted by Gasteiger charge is 2.15. The Bertz CT molecular complexity index is 820. The molecule has 0 radical (unpaired) electrons. The smallest absolute Gasteiger partial charge is 0.247 e. The van der Waals surface area contributed by atoms with Gasteiger partial charge < -0.3 is 10.2 Å². The molecule has 0 aliphatic heterocycles. The van der Waals surface area contributed by atoms with Crippen molar-refractivity contribution in [2.75, 3.05) is 18.4 Å². The van der Waals surface area contributed by atoms with Gasteiger partial charge >= 0.3 is 0 Å². The van der Waals surface area contributed by atoms with E-state index in [-0.39, 0.29) is 18.3 Å². The Morgan fingerprint density at radius 3 is 2.42 bits per heavy atom. The molecule has 0 aliphatic carbocycles. The molecule has 0 aliphatic rings. The number of halogens is 3. The van der Waals surface area contributed by atoms with Gasteiger partial charge in [0.25, 0.3) is 0 Å². The summed E-state index contributed by atoms with van der Waals surface area (Å²) < 4.78 is 13.2. The van der Waals surface area contributed by atoms with Crippen molar-refractivity contribution in [1.82, 2.24) is 4.90 Å². The molecular weight excluding hydrogens is 378 g/mol. The van der Waals surface area contributed by atoms with Crippen LogP contribution in [0.1, 0.15) is 12.5 Å². The first-order valence-corrected chi connectivity index (χ1v) is 8.62. The van der Waals surface area contributed by atoms with Crippen LogP contribution in [0.15, 0.2) is 48.5 Å². The summed E-state index contributed by atoms with van der Waals surface area (Å²) in [5, 5.41) is 3.23. The molecule has 0 atom stereocenters. The molecule has 26 heavy (non-hydrogen) atoms. The fourth-order valence-corrected chi connectivity index (χ4v) is 2.69. The van der Waals surface area contributed by atoms with E-state index in [4.69, 9.17) is 23.2 Å². The molecule has 2 rings (SSSR count). The number of carbonyl (C=O) groups excluding carboxylic acids is 2. The quantitative estimate of drug-likeness (QED) is 0.725. The molecule has 4 nitrogen and oxygen atoms in total. The fraction of sp³-hybridized carbons (Fsp3) is 0.158. The van der Waals surface area contributed by atoms with Crippen LogP contribution in [0.5, 0.6) is 0 Å². The van der Waals surface area contributed by atoms with Crippen LogP contribution in [-0.4, -0.2) is 29.8 Å². The lowest BCUT2D eigenvalue weighted by atomic mass is 10.2. The number of likely N-dealkylation sites (N-methyl/N-ethyl adjacent to an activating group) is 1.